The van der Waals surface area contributed by atoms with Gasteiger partial charge in [0.25, 0.3) is 0 Å². The van der Waals surface area contributed by atoms with Crippen molar-refractivity contribution in [1.29, 1.82) is 0 Å². The van der Waals surface area contributed by atoms with E-state index in [9.17, 15) is 30.7 Å². The monoisotopic (exact) mass is 1080 g/mol. The van der Waals surface area contributed by atoms with E-state index in [4.69, 9.17) is 9.31 Å². The first-order chi connectivity index (χ1) is 34.6. The van der Waals surface area contributed by atoms with Gasteiger partial charge in [-0.05, 0) is 0 Å². The van der Waals surface area contributed by atoms with Crippen molar-refractivity contribution in [1.82, 2.24) is 0 Å². The molecule has 0 aliphatic carbocycles. The fraction of sp³-hybridized carbons (Fsp3) is 0. The van der Waals surface area contributed by atoms with Gasteiger partial charge in [0.2, 0.25) is 11.6 Å². The predicted molar refractivity (Wildman–Crippen MR) is 199 cm³/mol. The van der Waals surface area contributed by atoms with Crippen LogP contribution in [0.5, 0.6) is 11.5 Å². The number of rotatable bonds is 5. The van der Waals surface area contributed by atoms with Crippen LogP contribution in [0.2, 0.25) is 0 Å². The Kier molecular flexibility index (Phi) is 10.7. The zero-order valence-electron chi connectivity index (χ0n) is 33.6. The highest BCUT2D eigenvalue weighted by Gasteiger charge is 2.45. The van der Waals surface area contributed by atoms with Gasteiger partial charge in [-0.25, -0.2) is 110 Å². The van der Waals surface area contributed by atoms with E-state index >= 15 is 87.8 Å². The molecule has 0 aromatic heterocycles. The molecule has 0 fully saturated rings. The molecule has 0 amide bonds. The smallest absolute Gasteiger partial charge is 0.519 e. The van der Waals surface area contributed by atoms with Crippen LogP contribution in [0.15, 0.2) is 0 Å². The molecule has 0 atom stereocenters. The summed E-state index contributed by atoms with van der Waals surface area (Å²) in [5.74, 6) is -89.3. The number of fused-ring (bicyclic) bond motifs is 4. The first kappa shape index (κ1) is 49.6. The summed E-state index contributed by atoms with van der Waals surface area (Å²) in [5, 5.41) is -35.0. The van der Waals surface area contributed by atoms with Crippen molar-refractivity contribution in [3.05, 3.63) is 157 Å². The van der Waals surface area contributed by atoms with Gasteiger partial charge in [-0.2, -0.15) is 8.78 Å². The van der Waals surface area contributed by atoms with E-state index in [1.54, 1.807) is 0 Å². The summed E-state index contributed by atoms with van der Waals surface area (Å²) >= 11 is 0. The second kappa shape index (κ2) is 16.0. The van der Waals surface area contributed by atoms with Crippen molar-refractivity contribution in [2.24, 2.45) is 0 Å². The molecule has 2 nitrogen and oxygen atoms in total. The summed E-state index contributed by atoms with van der Waals surface area (Å²) in [6.45, 7) is 0. The maximum absolute atomic E-state index is 16.9. The fourth-order valence-electron chi connectivity index (χ4n) is 8.65. The van der Waals surface area contributed by atoms with Crippen LogP contribution < -0.4 is 14.8 Å². The second-order valence-electron chi connectivity index (χ2n) is 15.4. The molecular formula is C44BF27O2. The van der Waals surface area contributed by atoms with Gasteiger partial charge in [-0.1, -0.05) is 0 Å². The Morgan fingerprint density at radius 2 is 0.324 bits per heavy atom. The van der Waals surface area contributed by atoms with Gasteiger partial charge in [0.05, 0.1) is 64.7 Å². The Morgan fingerprint density at radius 1 is 0.149 bits per heavy atom. The third-order valence-corrected chi connectivity index (χ3v) is 11.8. The summed E-state index contributed by atoms with van der Waals surface area (Å²) < 4.78 is 429. The van der Waals surface area contributed by atoms with Crippen LogP contribution in [0.25, 0.3) is 75.4 Å². The van der Waals surface area contributed by atoms with Crippen molar-refractivity contribution in [3.8, 4) is 11.5 Å². The molecular weight excluding hydrogens is 1080 g/mol. The van der Waals surface area contributed by atoms with Gasteiger partial charge in [-0.15, -0.1) is 0 Å². The fourth-order valence-corrected chi connectivity index (χ4v) is 8.65. The van der Waals surface area contributed by atoms with Gasteiger partial charge >= 0.3 is 7.12 Å². The SMILES string of the molecule is Fc1c(F)c(F)c2c(F)c3c(OB(Oc4c(F)c(F)c(F)c5c(F)c6c(F)c(F)c(F)c(F)c6c(F)c45)c4c(F)c(F)c5c(F)c(F)c6c(F)c(F)c(F)c7c(F)c(F)c4c5c67)c(F)c(F)c(F)c3c(F)c2c1F. The lowest BCUT2D eigenvalue weighted by Gasteiger charge is -2.25. The van der Waals surface area contributed by atoms with Crippen molar-refractivity contribution in [3.63, 3.8) is 0 Å². The van der Waals surface area contributed by atoms with E-state index in [1.807, 2.05) is 0 Å². The maximum Gasteiger partial charge on any atom is 0.636 e. The summed E-state index contributed by atoms with van der Waals surface area (Å²) in [6, 6.07) is 0. The van der Waals surface area contributed by atoms with Crippen LogP contribution in [0, 0.1) is 157 Å². The van der Waals surface area contributed by atoms with Crippen LogP contribution >= 0.6 is 0 Å². The largest absolute Gasteiger partial charge is 0.636 e. The number of benzene rings is 10. The number of halogens is 27. The average Bonchev–Trinajstić information content (AvgIpc) is 3.36. The molecule has 10 rings (SSSR count). The van der Waals surface area contributed by atoms with E-state index < -0.39 is 257 Å². The predicted octanol–water partition coefficient (Wildman–Crippen LogP) is 14.8. The van der Waals surface area contributed by atoms with Crippen LogP contribution in [0.3, 0.4) is 0 Å². The van der Waals surface area contributed by atoms with Crippen LogP contribution in [-0.2, 0) is 0 Å². The lowest BCUT2D eigenvalue weighted by atomic mass is 9.72. The minimum Gasteiger partial charge on any atom is -0.519 e. The van der Waals surface area contributed by atoms with Crippen LogP contribution in [0.4, 0.5) is 119 Å². The third kappa shape index (κ3) is 5.88. The first-order valence-corrected chi connectivity index (χ1v) is 19.0. The highest BCUT2D eigenvalue weighted by atomic mass is 19.2. The van der Waals surface area contributed by atoms with Crippen LogP contribution in [-0.4, -0.2) is 7.12 Å². The van der Waals surface area contributed by atoms with E-state index in [1.165, 1.54) is 0 Å². The Balaban J connectivity index is 1.44. The zero-order valence-corrected chi connectivity index (χ0v) is 33.6. The Bertz CT molecular complexity index is 4150. The summed E-state index contributed by atoms with van der Waals surface area (Å²) in [5.41, 5.74) is -2.85. The van der Waals surface area contributed by atoms with Crippen molar-refractivity contribution >= 4 is 88.0 Å². The molecule has 0 spiro atoms. The molecule has 10 aromatic rings. The van der Waals surface area contributed by atoms with Crippen molar-refractivity contribution in [2.45, 2.75) is 0 Å². The number of hydrogen-bond donors (Lipinski definition) is 0. The third-order valence-electron chi connectivity index (χ3n) is 11.8. The molecule has 0 N–H and O–H groups in total. The average molecular weight is 1080 g/mol. The molecule has 10 aromatic carbocycles. The molecule has 0 aliphatic heterocycles. The topological polar surface area (TPSA) is 18.5 Å². The Morgan fingerprint density at radius 3 is 0.622 bits per heavy atom. The molecule has 0 saturated heterocycles. The molecule has 0 saturated carbocycles. The van der Waals surface area contributed by atoms with E-state index in [2.05, 4.69) is 0 Å². The van der Waals surface area contributed by atoms with Gasteiger partial charge < -0.3 is 9.31 Å². The normalized spacial score (nSPS) is 12.3. The minimum absolute atomic E-state index is 2.12. The highest BCUT2D eigenvalue weighted by molar-refractivity contribution is 6.66. The van der Waals surface area contributed by atoms with Crippen LogP contribution in [0.1, 0.15) is 0 Å². The van der Waals surface area contributed by atoms with E-state index in [0.29, 0.717) is 0 Å². The molecule has 0 bridgehead atoms. The molecule has 0 heterocycles. The Hall–Kier alpha value is -7.95. The Labute approximate surface area is 384 Å². The second-order valence-corrected chi connectivity index (χ2v) is 15.4. The lowest BCUT2D eigenvalue weighted by molar-refractivity contribution is 0.375. The molecule has 0 radical (unpaired) electrons. The summed E-state index contributed by atoms with van der Waals surface area (Å²) in [7, 11) is -4.57. The number of hydrogen-bond acceptors (Lipinski definition) is 2. The summed E-state index contributed by atoms with van der Waals surface area (Å²) in [6.07, 6.45) is 0. The van der Waals surface area contributed by atoms with Crippen molar-refractivity contribution in [2.75, 3.05) is 0 Å². The van der Waals surface area contributed by atoms with Gasteiger partial charge in [0, 0.05) is 16.2 Å². The standard InChI is InChI=1S/C44BF27O2/c46-16-7-9(29(59)37(67)35(65)27(7)57)18(48)13-11(16)31(61)39(69)41(71)43(13)73-45(74-44-14-12(32(62)40(70)42(44)72)17(47)8-10(19(14)49)30(60)38(68)36(66)28(8)58)15-3-1-2-5(21(51)20(3)50)25(55)34(64)26(56)6(2)23(53)22(52)4(1)24(54)33(15)63. The summed E-state index contributed by atoms with van der Waals surface area (Å²) in [4.78, 5) is 0. The molecule has 74 heavy (non-hydrogen) atoms. The minimum atomic E-state index is -4.57. The quantitative estimate of drug-likeness (QED) is 0.0427. The van der Waals surface area contributed by atoms with Gasteiger partial charge in [-0.3, -0.25) is 0 Å². The van der Waals surface area contributed by atoms with Gasteiger partial charge in [0.1, 0.15) is 23.3 Å². The lowest BCUT2D eigenvalue weighted by Crippen LogP contribution is -2.46. The van der Waals surface area contributed by atoms with Gasteiger partial charge in [0.15, 0.2) is 134 Å². The first-order valence-electron chi connectivity index (χ1n) is 19.0. The van der Waals surface area contributed by atoms with E-state index in [-0.39, 0.29) is 0 Å². The maximum atomic E-state index is 16.9. The zero-order chi connectivity index (χ0) is 54.4. The molecule has 380 valence electrons. The molecule has 0 aliphatic rings. The van der Waals surface area contributed by atoms with Crippen molar-refractivity contribution < 1.29 is 128 Å². The molecule has 0 unspecified atom stereocenters. The highest BCUT2D eigenvalue weighted by Crippen LogP contribution is 2.49. The molecule has 30 heteroatoms. The van der Waals surface area contributed by atoms with E-state index in [0.717, 1.165) is 0 Å².